The third kappa shape index (κ3) is 3.18. The van der Waals surface area contributed by atoms with Crippen LogP contribution in [-0.2, 0) is 0 Å². The average molecular weight is 347 g/mol. The number of nitrogens with one attached hydrogen (secondary N) is 1. The highest BCUT2D eigenvalue weighted by molar-refractivity contribution is 7.98. The van der Waals surface area contributed by atoms with Gasteiger partial charge in [0.2, 0.25) is 0 Å². The fraction of sp³-hybridized carbons (Fsp3) is 0.188. The Bertz CT molecular complexity index is 864. The van der Waals surface area contributed by atoms with Crippen LogP contribution in [0.4, 0.5) is 0 Å². The van der Waals surface area contributed by atoms with E-state index in [-0.39, 0.29) is 11.9 Å². The summed E-state index contributed by atoms with van der Waals surface area (Å²) in [5.41, 5.74) is 1.20. The van der Waals surface area contributed by atoms with Gasteiger partial charge in [0.05, 0.1) is 16.6 Å². The lowest BCUT2D eigenvalue weighted by molar-refractivity contribution is 0.0938. The SMILES string of the molecule is CSc1ccc(Cl)c(C(=O)N[C@@H](C)c2nnc3ccccn23)c1. The van der Waals surface area contributed by atoms with Gasteiger partial charge in [-0.3, -0.25) is 9.20 Å². The van der Waals surface area contributed by atoms with Crippen molar-refractivity contribution in [2.24, 2.45) is 0 Å². The van der Waals surface area contributed by atoms with Crippen LogP contribution in [0.25, 0.3) is 5.65 Å². The molecule has 3 rings (SSSR count). The summed E-state index contributed by atoms with van der Waals surface area (Å²) in [5, 5.41) is 11.6. The lowest BCUT2D eigenvalue weighted by Crippen LogP contribution is -2.28. The first-order chi connectivity index (χ1) is 11.1. The van der Waals surface area contributed by atoms with Crippen LogP contribution in [0.2, 0.25) is 5.02 Å². The summed E-state index contributed by atoms with van der Waals surface area (Å²) in [6.07, 6.45) is 3.82. The molecule has 0 aliphatic heterocycles. The first-order valence-electron chi connectivity index (χ1n) is 7.04. The fourth-order valence-electron chi connectivity index (χ4n) is 2.30. The first-order valence-corrected chi connectivity index (χ1v) is 8.64. The molecule has 5 nitrogen and oxygen atoms in total. The Hall–Kier alpha value is -2.05. The molecule has 1 atom stereocenters. The molecule has 0 aliphatic rings. The van der Waals surface area contributed by atoms with Crippen LogP contribution in [0.5, 0.6) is 0 Å². The number of carbonyl (C=O) groups excluding carboxylic acids is 1. The zero-order valence-electron chi connectivity index (χ0n) is 12.7. The monoisotopic (exact) mass is 346 g/mol. The second-order valence-corrected chi connectivity index (χ2v) is 6.31. The Balaban J connectivity index is 1.85. The molecule has 0 aliphatic carbocycles. The van der Waals surface area contributed by atoms with Crippen molar-refractivity contribution < 1.29 is 4.79 Å². The fourth-order valence-corrected chi connectivity index (χ4v) is 2.94. The van der Waals surface area contributed by atoms with E-state index in [0.29, 0.717) is 16.4 Å². The molecule has 7 heteroatoms. The molecule has 0 radical (unpaired) electrons. The number of fused-ring (bicyclic) bond motifs is 1. The van der Waals surface area contributed by atoms with Crippen LogP contribution in [-0.4, -0.2) is 26.8 Å². The quantitative estimate of drug-likeness (QED) is 0.733. The summed E-state index contributed by atoms with van der Waals surface area (Å²) in [6.45, 7) is 1.87. The molecule has 1 N–H and O–H groups in total. The Morgan fingerprint density at radius 1 is 1.30 bits per heavy atom. The van der Waals surface area contributed by atoms with Crippen LogP contribution >= 0.6 is 23.4 Å². The summed E-state index contributed by atoms with van der Waals surface area (Å²) >= 11 is 7.71. The lowest BCUT2D eigenvalue weighted by atomic mass is 10.2. The van der Waals surface area contributed by atoms with Gasteiger partial charge in [-0.25, -0.2) is 0 Å². The molecule has 0 spiro atoms. The number of carbonyl (C=O) groups is 1. The van der Waals surface area contributed by atoms with Gasteiger partial charge < -0.3 is 5.32 Å². The predicted molar refractivity (Wildman–Crippen MR) is 92.1 cm³/mol. The molecule has 0 fully saturated rings. The average Bonchev–Trinajstić information content (AvgIpc) is 2.99. The highest BCUT2D eigenvalue weighted by Crippen LogP contribution is 2.23. The van der Waals surface area contributed by atoms with E-state index in [1.807, 2.05) is 48.0 Å². The van der Waals surface area contributed by atoms with Crippen LogP contribution in [0.15, 0.2) is 47.5 Å². The number of aromatic nitrogens is 3. The maximum absolute atomic E-state index is 12.5. The van der Waals surface area contributed by atoms with Crippen molar-refractivity contribution in [3.63, 3.8) is 0 Å². The van der Waals surface area contributed by atoms with Crippen molar-refractivity contribution in [3.8, 4) is 0 Å². The summed E-state index contributed by atoms with van der Waals surface area (Å²) in [7, 11) is 0. The van der Waals surface area contributed by atoms with E-state index in [2.05, 4.69) is 15.5 Å². The van der Waals surface area contributed by atoms with Gasteiger partial charge in [-0.1, -0.05) is 17.7 Å². The summed E-state index contributed by atoms with van der Waals surface area (Å²) < 4.78 is 1.85. The highest BCUT2D eigenvalue weighted by Gasteiger charge is 2.18. The molecular weight excluding hydrogens is 332 g/mol. The normalized spacial score (nSPS) is 12.3. The van der Waals surface area contributed by atoms with Crippen LogP contribution < -0.4 is 5.32 Å². The minimum atomic E-state index is -0.297. The number of rotatable bonds is 4. The Labute approximate surface area is 143 Å². The Morgan fingerprint density at radius 3 is 2.91 bits per heavy atom. The maximum atomic E-state index is 12.5. The molecule has 0 unspecified atom stereocenters. The molecule has 2 heterocycles. The van der Waals surface area contributed by atoms with E-state index >= 15 is 0 Å². The van der Waals surface area contributed by atoms with Crippen LogP contribution in [0.1, 0.15) is 29.1 Å². The molecule has 3 aromatic rings. The van der Waals surface area contributed by atoms with Gasteiger partial charge in [-0.2, -0.15) is 0 Å². The van der Waals surface area contributed by atoms with Crippen molar-refractivity contribution >= 4 is 34.9 Å². The molecule has 0 saturated carbocycles. The number of benzene rings is 1. The molecule has 23 heavy (non-hydrogen) atoms. The van der Waals surface area contributed by atoms with E-state index in [9.17, 15) is 4.79 Å². The maximum Gasteiger partial charge on any atom is 0.253 e. The van der Waals surface area contributed by atoms with Crippen LogP contribution in [0.3, 0.4) is 0 Å². The topological polar surface area (TPSA) is 59.3 Å². The zero-order valence-corrected chi connectivity index (χ0v) is 14.2. The van der Waals surface area contributed by atoms with E-state index in [4.69, 9.17) is 11.6 Å². The second-order valence-electron chi connectivity index (χ2n) is 5.03. The van der Waals surface area contributed by atoms with E-state index in [0.717, 1.165) is 10.5 Å². The summed E-state index contributed by atoms with van der Waals surface area (Å²) in [4.78, 5) is 13.5. The van der Waals surface area contributed by atoms with Crippen molar-refractivity contribution in [1.29, 1.82) is 0 Å². The third-order valence-electron chi connectivity index (χ3n) is 3.49. The molecule has 1 amide bonds. The Morgan fingerprint density at radius 2 is 2.13 bits per heavy atom. The lowest BCUT2D eigenvalue weighted by Gasteiger charge is -2.13. The minimum Gasteiger partial charge on any atom is -0.342 e. The minimum absolute atomic E-state index is 0.230. The first kappa shape index (κ1) is 15.8. The number of pyridine rings is 1. The summed E-state index contributed by atoms with van der Waals surface area (Å²) in [6, 6.07) is 10.8. The van der Waals surface area contributed by atoms with Crippen molar-refractivity contribution in [3.05, 3.63) is 59.0 Å². The zero-order chi connectivity index (χ0) is 16.4. The van der Waals surface area contributed by atoms with E-state index in [1.165, 1.54) is 0 Å². The van der Waals surface area contributed by atoms with Gasteiger partial charge in [0.1, 0.15) is 0 Å². The molecule has 118 valence electrons. The standard InChI is InChI=1S/C16H15ClN4OS/c1-10(15-20-19-14-5-3-4-8-21(14)15)18-16(22)12-9-11(23-2)6-7-13(12)17/h3-10H,1-2H3,(H,18,22)/t10-/m0/s1. The highest BCUT2D eigenvalue weighted by atomic mass is 35.5. The van der Waals surface area contributed by atoms with Gasteiger partial charge >= 0.3 is 0 Å². The number of amides is 1. The molecule has 1 aromatic carbocycles. The number of hydrogen-bond donors (Lipinski definition) is 1. The predicted octanol–water partition coefficient (Wildman–Crippen LogP) is 3.60. The van der Waals surface area contributed by atoms with Gasteiger partial charge in [0, 0.05) is 11.1 Å². The van der Waals surface area contributed by atoms with E-state index < -0.39 is 0 Å². The number of hydrogen-bond acceptors (Lipinski definition) is 4. The van der Waals surface area contributed by atoms with Crippen molar-refractivity contribution in [2.45, 2.75) is 17.9 Å². The molecule has 0 saturated heterocycles. The largest absolute Gasteiger partial charge is 0.342 e. The third-order valence-corrected chi connectivity index (χ3v) is 4.55. The number of thioether (sulfide) groups is 1. The number of nitrogens with zero attached hydrogens (tertiary/aromatic N) is 3. The van der Waals surface area contributed by atoms with Crippen molar-refractivity contribution in [1.82, 2.24) is 19.9 Å². The van der Waals surface area contributed by atoms with Crippen LogP contribution in [0, 0.1) is 0 Å². The van der Waals surface area contributed by atoms with Gasteiger partial charge in [-0.15, -0.1) is 22.0 Å². The molecule has 2 aromatic heterocycles. The Kier molecular flexibility index (Phi) is 4.54. The number of halogens is 1. The molecule has 0 bridgehead atoms. The van der Waals surface area contributed by atoms with E-state index in [1.54, 1.807) is 23.9 Å². The summed E-state index contributed by atoms with van der Waals surface area (Å²) in [5.74, 6) is 0.442. The van der Waals surface area contributed by atoms with Gasteiger partial charge in [0.15, 0.2) is 11.5 Å². The van der Waals surface area contributed by atoms with Gasteiger partial charge in [0.25, 0.3) is 5.91 Å². The molecular formula is C16H15ClN4OS. The van der Waals surface area contributed by atoms with Gasteiger partial charge in [-0.05, 0) is 43.5 Å². The van der Waals surface area contributed by atoms with Crippen molar-refractivity contribution in [2.75, 3.05) is 6.26 Å². The second kappa shape index (κ2) is 6.60. The smallest absolute Gasteiger partial charge is 0.253 e.